The molecule has 1 unspecified atom stereocenters. The molecule has 1 fully saturated rings. The van der Waals surface area contributed by atoms with Crippen LogP contribution in [0.3, 0.4) is 0 Å². The third-order valence-corrected chi connectivity index (χ3v) is 3.91. The van der Waals surface area contributed by atoms with Crippen molar-refractivity contribution in [2.45, 2.75) is 25.3 Å². The van der Waals surface area contributed by atoms with Crippen LogP contribution in [0.25, 0.3) is 0 Å². The van der Waals surface area contributed by atoms with Crippen LogP contribution in [0.1, 0.15) is 30.1 Å². The number of hydrogen-bond donors (Lipinski definition) is 2. The van der Waals surface area contributed by atoms with Gasteiger partial charge in [-0.1, -0.05) is 6.07 Å². The van der Waals surface area contributed by atoms with Crippen LogP contribution in [0.2, 0.25) is 0 Å². The van der Waals surface area contributed by atoms with Gasteiger partial charge < -0.3 is 20.1 Å². The van der Waals surface area contributed by atoms with E-state index in [9.17, 15) is 4.79 Å². The highest BCUT2D eigenvalue weighted by molar-refractivity contribution is 5.97. The van der Waals surface area contributed by atoms with Gasteiger partial charge in [-0.05, 0) is 38.4 Å². The fraction of sp³-hybridized carbons (Fsp3) is 0.533. The molecular weight excluding hydrogens is 256 g/mol. The summed E-state index contributed by atoms with van der Waals surface area (Å²) >= 11 is 0. The van der Waals surface area contributed by atoms with Gasteiger partial charge in [-0.15, -0.1) is 0 Å². The minimum Gasteiger partial charge on any atom is -0.486 e. The molecule has 1 saturated heterocycles. The number of ether oxygens (including phenoxy) is 2. The molecule has 0 aliphatic carbocycles. The first kappa shape index (κ1) is 13.2. The van der Waals surface area contributed by atoms with Gasteiger partial charge in [0.2, 0.25) is 0 Å². The molecule has 0 saturated carbocycles. The monoisotopic (exact) mass is 276 g/mol. The Kier molecular flexibility index (Phi) is 3.53. The Hall–Kier alpha value is -1.75. The summed E-state index contributed by atoms with van der Waals surface area (Å²) in [5.41, 5.74) is 0.547. The molecule has 3 rings (SSSR count). The van der Waals surface area contributed by atoms with Gasteiger partial charge in [0, 0.05) is 12.1 Å². The Morgan fingerprint density at radius 1 is 1.40 bits per heavy atom. The number of benzene rings is 1. The van der Waals surface area contributed by atoms with Crippen molar-refractivity contribution in [2.24, 2.45) is 0 Å². The topological polar surface area (TPSA) is 59.6 Å². The van der Waals surface area contributed by atoms with E-state index in [4.69, 9.17) is 9.47 Å². The molecule has 2 aliphatic heterocycles. The molecule has 1 aromatic carbocycles. The van der Waals surface area contributed by atoms with E-state index in [1.807, 2.05) is 12.1 Å². The number of carbonyl (C=O) groups is 1. The van der Waals surface area contributed by atoms with Crippen molar-refractivity contribution in [1.82, 2.24) is 10.6 Å². The Bertz CT molecular complexity index is 510. The zero-order valence-electron chi connectivity index (χ0n) is 11.7. The van der Waals surface area contributed by atoms with Crippen LogP contribution in [0.5, 0.6) is 11.5 Å². The number of amides is 1. The van der Waals surface area contributed by atoms with E-state index in [0.717, 1.165) is 19.4 Å². The standard InChI is InChI=1S/C15H20N2O3/c1-15(6-3-7-17-15)10-16-14(18)11-4-2-5-12-13(11)20-9-8-19-12/h2,4-5,17H,3,6-10H2,1H3,(H,16,18). The van der Waals surface area contributed by atoms with Crippen molar-refractivity contribution >= 4 is 5.91 Å². The summed E-state index contributed by atoms with van der Waals surface area (Å²) in [4.78, 5) is 12.3. The van der Waals surface area contributed by atoms with E-state index >= 15 is 0 Å². The highest BCUT2D eigenvalue weighted by Crippen LogP contribution is 2.33. The first-order valence-corrected chi connectivity index (χ1v) is 7.10. The summed E-state index contributed by atoms with van der Waals surface area (Å²) in [5, 5.41) is 6.43. The second-order valence-electron chi connectivity index (χ2n) is 5.60. The summed E-state index contributed by atoms with van der Waals surface area (Å²) in [6, 6.07) is 5.41. The predicted molar refractivity (Wildman–Crippen MR) is 75.4 cm³/mol. The summed E-state index contributed by atoms with van der Waals surface area (Å²) in [6.45, 7) is 4.79. The van der Waals surface area contributed by atoms with E-state index in [1.54, 1.807) is 6.07 Å². The van der Waals surface area contributed by atoms with Crippen molar-refractivity contribution in [2.75, 3.05) is 26.3 Å². The average molecular weight is 276 g/mol. The highest BCUT2D eigenvalue weighted by Gasteiger charge is 2.29. The average Bonchev–Trinajstić information content (AvgIpc) is 2.91. The van der Waals surface area contributed by atoms with Gasteiger partial charge in [0.05, 0.1) is 5.56 Å². The van der Waals surface area contributed by atoms with E-state index in [1.165, 1.54) is 0 Å². The highest BCUT2D eigenvalue weighted by atomic mass is 16.6. The molecule has 108 valence electrons. The van der Waals surface area contributed by atoms with Gasteiger partial charge in [-0.2, -0.15) is 0 Å². The first-order valence-electron chi connectivity index (χ1n) is 7.10. The zero-order chi connectivity index (χ0) is 14.0. The molecule has 20 heavy (non-hydrogen) atoms. The van der Waals surface area contributed by atoms with Gasteiger partial charge >= 0.3 is 0 Å². The lowest BCUT2D eigenvalue weighted by molar-refractivity contribution is 0.0931. The van der Waals surface area contributed by atoms with E-state index < -0.39 is 0 Å². The second kappa shape index (κ2) is 5.32. The van der Waals surface area contributed by atoms with Crippen LogP contribution in [-0.4, -0.2) is 37.7 Å². The SMILES string of the molecule is CC1(CNC(=O)c2cccc3c2OCCO3)CCCN1. The molecule has 0 aromatic heterocycles. The first-order chi connectivity index (χ1) is 9.68. The van der Waals surface area contributed by atoms with Gasteiger partial charge in [0.1, 0.15) is 13.2 Å². The summed E-state index contributed by atoms with van der Waals surface area (Å²) in [6.07, 6.45) is 2.24. The minimum atomic E-state index is -0.109. The third kappa shape index (κ3) is 2.58. The molecule has 5 heteroatoms. The molecule has 0 radical (unpaired) electrons. The molecule has 2 aliphatic rings. The number of rotatable bonds is 3. The Morgan fingerprint density at radius 3 is 3.05 bits per heavy atom. The lowest BCUT2D eigenvalue weighted by Gasteiger charge is -2.25. The van der Waals surface area contributed by atoms with Crippen LogP contribution in [-0.2, 0) is 0 Å². The Balaban J connectivity index is 1.71. The van der Waals surface area contributed by atoms with E-state index in [2.05, 4.69) is 17.6 Å². The van der Waals surface area contributed by atoms with Crippen LogP contribution < -0.4 is 20.1 Å². The number of hydrogen-bond acceptors (Lipinski definition) is 4. The van der Waals surface area contributed by atoms with Crippen LogP contribution >= 0.6 is 0 Å². The molecule has 2 N–H and O–H groups in total. The smallest absolute Gasteiger partial charge is 0.255 e. The normalized spacial score (nSPS) is 24.4. The second-order valence-corrected chi connectivity index (χ2v) is 5.60. The van der Waals surface area contributed by atoms with Gasteiger partial charge in [0.15, 0.2) is 11.5 Å². The molecule has 2 heterocycles. The van der Waals surface area contributed by atoms with Crippen molar-refractivity contribution in [3.63, 3.8) is 0 Å². The third-order valence-electron chi connectivity index (χ3n) is 3.91. The number of fused-ring (bicyclic) bond motifs is 1. The van der Waals surface area contributed by atoms with Crippen LogP contribution in [0, 0.1) is 0 Å². The molecular formula is C15H20N2O3. The lowest BCUT2D eigenvalue weighted by atomic mass is 10.0. The molecule has 5 nitrogen and oxygen atoms in total. The van der Waals surface area contributed by atoms with Crippen molar-refractivity contribution < 1.29 is 14.3 Å². The maximum Gasteiger partial charge on any atom is 0.255 e. The molecule has 1 aromatic rings. The maximum atomic E-state index is 12.3. The summed E-state index contributed by atoms with van der Waals surface area (Å²) in [7, 11) is 0. The van der Waals surface area contributed by atoms with E-state index in [-0.39, 0.29) is 11.4 Å². The summed E-state index contributed by atoms with van der Waals surface area (Å²) < 4.78 is 11.1. The number of carbonyl (C=O) groups excluding carboxylic acids is 1. The molecule has 0 spiro atoms. The minimum absolute atomic E-state index is 0.00184. The van der Waals surface area contributed by atoms with Crippen molar-refractivity contribution in [1.29, 1.82) is 0 Å². The fourth-order valence-corrected chi connectivity index (χ4v) is 2.73. The van der Waals surface area contributed by atoms with E-state index in [0.29, 0.717) is 36.8 Å². The fourth-order valence-electron chi connectivity index (χ4n) is 2.73. The maximum absolute atomic E-state index is 12.3. The quantitative estimate of drug-likeness (QED) is 0.874. The van der Waals surface area contributed by atoms with Crippen molar-refractivity contribution in [3.8, 4) is 11.5 Å². The van der Waals surface area contributed by atoms with Gasteiger partial charge in [-0.3, -0.25) is 4.79 Å². The Morgan fingerprint density at radius 2 is 2.25 bits per heavy atom. The van der Waals surface area contributed by atoms with Gasteiger partial charge in [-0.25, -0.2) is 0 Å². The zero-order valence-corrected chi connectivity index (χ0v) is 11.7. The van der Waals surface area contributed by atoms with Crippen LogP contribution in [0.4, 0.5) is 0 Å². The van der Waals surface area contributed by atoms with Gasteiger partial charge in [0.25, 0.3) is 5.91 Å². The molecule has 1 amide bonds. The number of nitrogens with one attached hydrogen (secondary N) is 2. The number of para-hydroxylation sites is 1. The van der Waals surface area contributed by atoms with Crippen molar-refractivity contribution in [3.05, 3.63) is 23.8 Å². The predicted octanol–water partition coefficient (Wildman–Crippen LogP) is 1.33. The largest absolute Gasteiger partial charge is 0.486 e. The summed E-state index contributed by atoms with van der Waals surface area (Å²) in [5.74, 6) is 1.09. The lowest BCUT2D eigenvalue weighted by Crippen LogP contribution is -2.47. The molecule has 1 atom stereocenters. The molecule has 0 bridgehead atoms. The van der Waals surface area contributed by atoms with Crippen LogP contribution in [0.15, 0.2) is 18.2 Å². The Labute approximate surface area is 118 Å².